The third kappa shape index (κ3) is 1.55. The molecule has 1 aromatic carbocycles. The summed E-state index contributed by atoms with van der Waals surface area (Å²) in [5, 5.41) is 4.26. The van der Waals surface area contributed by atoms with Crippen molar-refractivity contribution in [1.29, 1.82) is 0 Å². The molecule has 0 saturated heterocycles. The van der Waals surface area contributed by atoms with Gasteiger partial charge in [-0.1, -0.05) is 11.6 Å². The van der Waals surface area contributed by atoms with Crippen LogP contribution in [0, 0.1) is 11.9 Å². The first-order valence-corrected chi connectivity index (χ1v) is 4.01. The van der Waals surface area contributed by atoms with Crippen molar-refractivity contribution in [2.45, 2.75) is 0 Å². The second-order valence-corrected chi connectivity index (χ2v) is 2.89. The van der Waals surface area contributed by atoms with Crippen molar-refractivity contribution in [1.82, 2.24) is 9.78 Å². The zero-order valence-electron chi connectivity index (χ0n) is 6.54. The van der Waals surface area contributed by atoms with E-state index in [1.165, 1.54) is 23.0 Å². The van der Waals surface area contributed by atoms with Gasteiger partial charge in [-0.15, -0.1) is 0 Å². The number of aromatic nitrogens is 2. The van der Waals surface area contributed by atoms with E-state index in [-0.39, 0.29) is 5.82 Å². The fourth-order valence-corrected chi connectivity index (χ4v) is 1.29. The Labute approximate surface area is 79.6 Å². The molecular weight excluding hydrogens is 191 g/mol. The molecule has 0 aliphatic rings. The molecule has 1 aromatic heterocycles. The Hall–Kier alpha value is -1.35. The normalized spacial score (nSPS) is 10.3. The average Bonchev–Trinajstić information content (AvgIpc) is 2.56. The van der Waals surface area contributed by atoms with Gasteiger partial charge in [0.05, 0.1) is 16.9 Å². The zero-order valence-corrected chi connectivity index (χ0v) is 7.29. The van der Waals surface area contributed by atoms with Crippen LogP contribution in [-0.4, -0.2) is 9.78 Å². The van der Waals surface area contributed by atoms with Gasteiger partial charge < -0.3 is 0 Å². The predicted octanol–water partition coefficient (Wildman–Crippen LogP) is 2.46. The Morgan fingerprint density at radius 1 is 1.46 bits per heavy atom. The van der Waals surface area contributed by atoms with E-state index in [4.69, 9.17) is 11.6 Å². The van der Waals surface area contributed by atoms with Gasteiger partial charge in [0.1, 0.15) is 5.82 Å². The van der Waals surface area contributed by atoms with Crippen molar-refractivity contribution in [3.05, 3.63) is 47.5 Å². The van der Waals surface area contributed by atoms with Crippen molar-refractivity contribution < 1.29 is 4.39 Å². The summed E-state index contributed by atoms with van der Waals surface area (Å²) in [5.41, 5.74) is 0.643. The molecule has 65 valence electrons. The van der Waals surface area contributed by atoms with Gasteiger partial charge in [-0.3, -0.25) is 0 Å². The van der Waals surface area contributed by atoms with Crippen molar-refractivity contribution in [2.24, 2.45) is 0 Å². The molecule has 2 nitrogen and oxygen atoms in total. The Kier molecular flexibility index (Phi) is 2.02. The minimum Gasteiger partial charge on any atom is -0.239 e. The molecule has 2 aromatic rings. The highest BCUT2D eigenvalue weighted by atomic mass is 35.5. The molecule has 0 fully saturated rings. The summed E-state index contributed by atoms with van der Waals surface area (Å²) in [6, 6.07) is 6.92. The number of hydrogen-bond acceptors (Lipinski definition) is 1. The number of rotatable bonds is 1. The van der Waals surface area contributed by atoms with Gasteiger partial charge in [0.25, 0.3) is 0 Å². The Balaban J connectivity index is 2.53. The molecule has 0 bridgehead atoms. The van der Waals surface area contributed by atoms with Crippen LogP contribution < -0.4 is 0 Å². The van der Waals surface area contributed by atoms with E-state index in [2.05, 4.69) is 11.2 Å². The lowest BCUT2D eigenvalue weighted by Gasteiger charge is -2.02. The van der Waals surface area contributed by atoms with Crippen LogP contribution in [0.1, 0.15) is 0 Å². The molecule has 0 spiro atoms. The van der Waals surface area contributed by atoms with Gasteiger partial charge in [-0.25, -0.2) is 9.07 Å². The molecule has 0 aliphatic carbocycles. The lowest BCUT2D eigenvalue weighted by molar-refractivity contribution is 0.627. The highest BCUT2D eigenvalue weighted by molar-refractivity contribution is 6.32. The average molecular weight is 196 g/mol. The molecule has 0 atom stereocenters. The zero-order chi connectivity index (χ0) is 9.26. The van der Waals surface area contributed by atoms with Crippen molar-refractivity contribution >= 4 is 11.6 Å². The fourth-order valence-electron chi connectivity index (χ4n) is 1.03. The maximum Gasteiger partial charge on any atom is 0.124 e. The van der Waals surface area contributed by atoms with E-state index in [9.17, 15) is 4.39 Å². The predicted molar refractivity (Wildman–Crippen MR) is 47.4 cm³/mol. The summed E-state index contributed by atoms with van der Waals surface area (Å²) >= 11 is 5.81. The summed E-state index contributed by atoms with van der Waals surface area (Å²) in [6.45, 7) is 0. The van der Waals surface area contributed by atoms with E-state index >= 15 is 0 Å². The quantitative estimate of drug-likeness (QED) is 0.684. The van der Waals surface area contributed by atoms with Crippen LogP contribution in [0.5, 0.6) is 0 Å². The molecule has 1 heterocycles. The first kappa shape index (κ1) is 8.26. The van der Waals surface area contributed by atoms with Crippen molar-refractivity contribution in [2.75, 3.05) is 0 Å². The van der Waals surface area contributed by atoms with Gasteiger partial charge in [0.15, 0.2) is 0 Å². The standard InChI is InChI=1S/C9H5ClFN2/c10-8-6-7(11)2-3-9(8)13-5-1-4-12-13/h2-6H. The smallest absolute Gasteiger partial charge is 0.124 e. The van der Waals surface area contributed by atoms with Crippen LogP contribution in [0.4, 0.5) is 4.39 Å². The monoisotopic (exact) mass is 195 g/mol. The summed E-state index contributed by atoms with van der Waals surface area (Å²) in [4.78, 5) is 0. The van der Waals surface area contributed by atoms with Crippen molar-refractivity contribution in [3.8, 4) is 5.69 Å². The van der Waals surface area contributed by atoms with Gasteiger partial charge in [-0.05, 0) is 18.2 Å². The Morgan fingerprint density at radius 2 is 2.31 bits per heavy atom. The van der Waals surface area contributed by atoms with Gasteiger partial charge in [0, 0.05) is 12.3 Å². The van der Waals surface area contributed by atoms with E-state index in [0.717, 1.165) is 0 Å². The number of benzene rings is 1. The van der Waals surface area contributed by atoms with Crippen LogP contribution >= 0.6 is 11.6 Å². The maximum absolute atomic E-state index is 12.7. The molecule has 4 heteroatoms. The van der Waals surface area contributed by atoms with Crippen LogP contribution in [0.25, 0.3) is 5.69 Å². The topological polar surface area (TPSA) is 17.8 Å². The van der Waals surface area contributed by atoms with Crippen LogP contribution in [0.15, 0.2) is 30.6 Å². The molecule has 0 N–H and O–H groups in total. The molecule has 2 rings (SSSR count). The number of halogens is 2. The Morgan fingerprint density at radius 3 is 2.92 bits per heavy atom. The fraction of sp³-hybridized carbons (Fsp3) is 0. The SMILES string of the molecule is Fc1ccc(-n2c[c]cn2)c(Cl)c1. The highest BCUT2D eigenvalue weighted by Crippen LogP contribution is 2.20. The third-order valence-electron chi connectivity index (χ3n) is 1.61. The van der Waals surface area contributed by atoms with Gasteiger partial charge in [0.2, 0.25) is 0 Å². The summed E-state index contributed by atoms with van der Waals surface area (Å²) in [6.07, 6.45) is 3.14. The minimum absolute atomic E-state index is 0.331. The first-order chi connectivity index (χ1) is 6.27. The van der Waals surface area contributed by atoms with E-state index in [1.807, 2.05) is 0 Å². The molecule has 0 saturated carbocycles. The maximum atomic E-state index is 12.7. The van der Waals surface area contributed by atoms with Gasteiger partial charge in [-0.2, -0.15) is 5.10 Å². The third-order valence-corrected chi connectivity index (χ3v) is 1.91. The summed E-state index contributed by atoms with van der Waals surface area (Å²) < 4.78 is 14.2. The molecule has 0 aliphatic heterocycles. The summed E-state index contributed by atoms with van der Waals surface area (Å²) in [5.74, 6) is -0.357. The molecular formula is C9H5ClFN2. The van der Waals surface area contributed by atoms with E-state index in [1.54, 1.807) is 12.3 Å². The lowest BCUT2D eigenvalue weighted by Crippen LogP contribution is -1.95. The summed E-state index contributed by atoms with van der Waals surface area (Å²) in [7, 11) is 0. The van der Waals surface area contributed by atoms with Crippen LogP contribution in [-0.2, 0) is 0 Å². The van der Waals surface area contributed by atoms with E-state index in [0.29, 0.717) is 10.7 Å². The van der Waals surface area contributed by atoms with Crippen molar-refractivity contribution in [3.63, 3.8) is 0 Å². The molecule has 1 radical (unpaired) electrons. The molecule has 0 amide bonds. The van der Waals surface area contributed by atoms with Crippen LogP contribution in [0.3, 0.4) is 0 Å². The van der Waals surface area contributed by atoms with E-state index < -0.39 is 0 Å². The largest absolute Gasteiger partial charge is 0.239 e. The lowest BCUT2D eigenvalue weighted by atomic mass is 10.3. The second-order valence-electron chi connectivity index (χ2n) is 2.48. The highest BCUT2D eigenvalue weighted by Gasteiger charge is 2.03. The first-order valence-electron chi connectivity index (χ1n) is 3.63. The molecule has 0 unspecified atom stereocenters. The second kappa shape index (κ2) is 3.18. The number of nitrogens with zero attached hydrogens (tertiary/aromatic N) is 2. The van der Waals surface area contributed by atoms with Gasteiger partial charge >= 0.3 is 0 Å². The minimum atomic E-state index is -0.357. The number of hydrogen-bond donors (Lipinski definition) is 0. The Bertz CT molecular complexity index is 412. The van der Waals surface area contributed by atoms with Crippen LogP contribution in [0.2, 0.25) is 5.02 Å². The molecule has 13 heavy (non-hydrogen) atoms.